The fraction of sp³-hybridized carbons (Fsp3) is 0.429. The molecule has 0 saturated heterocycles. The quantitative estimate of drug-likeness (QED) is 0.731. The minimum atomic E-state index is -1.05. The Morgan fingerprint density at radius 2 is 2.00 bits per heavy atom. The highest BCUT2D eigenvalue weighted by Crippen LogP contribution is 2.22. The van der Waals surface area contributed by atoms with Crippen LogP contribution in [0.4, 0.5) is 0 Å². The summed E-state index contributed by atoms with van der Waals surface area (Å²) in [6, 6.07) is 5.84. The molecular formula is C14H19NO4. The van der Waals surface area contributed by atoms with E-state index in [1.807, 2.05) is 6.92 Å². The third-order valence-electron chi connectivity index (χ3n) is 2.73. The van der Waals surface area contributed by atoms with Crippen LogP contribution in [-0.2, 0) is 9.59 Å². The van der Waals surface area contributed by atoms with Gasteiger partial charge in [-0.3, -0.25) is 4.79 Å². The molecule has 1 N–H and O–H groups in total. The monoisotopic (exact) mass is 265 g/mol. The van der Waals surface area contributed by atoms with Crippen LogP contribution < -0.4 is 4.74 Å². The van der Waals surface area contributed by atoms with Gasteiger partial charge in [0.25, 0.3) is 0 Å². The topological polar surface area (TPSA) is 66.8 Å². The predicted molar refractivity (Wildman–Crippen MR) is 71.0 cm³/mol. The van der Waals surface area contributed by atoms with E-state index in [-0.39, 0.29) is 0 Å². The Kier molecular flexibility index (Phi) is 5.85. The lowest BCUT2D eigenvalue weighted by molar-refractivity contribution is -0.146. The number of aliphatic carboxylic acids is 1. The van der Waals surface area contributed by atoms with Crippen LogP contribution in [0.5, 0.6) is 5.75 Å². The highest BCUT2D eigenvalue weighted by atomic mass is 16.5. The molecule has 0 aliphatic heterocycles. The zero-order valence-electron chi connectivity index (χ0n) is 11.2. The molecule has 1 amide bonds. The van der Waals surface area contributed by atoms with Gasteiger partial charge in [-0.2, -0.15) is 0 Å². The van der Waals surface area contributed by atoms with Gasteiger partial charge in [0, 0.05) is 6.54 Å². The highest BCUT2D eigenvalue weighted by molar-refractivity contribution is 5.78. The molecule has 5 heteroatoms. The number of nitrogens with zero attached hydrogens (tertiary/aromatic N) is 1. The SMILES string of the molecule is CCCOc1ccc(C(C(=O)O)N(C=O)CC)cc1. The summed E-state index contributed by atoms with van der Waals surface area (Å²) in [7, 11) is 0. The molecule has 104 valence electrons. The van der Waals surface area contributed by atoms with Crippen molar-refractivity contribution in [3.63, 3.8) is 0 Å². The van der Waals surface area contributed by atoms with E-state index in [4.69, 9.17) is 4.74 Å². The number of rotatable bonds is 8. The molecule has 1 atom stereocenters. The second-order valence-corrected chi connectivity index (χ2v) is 4.09. The third kappa shape index (κ3) is 3.98. The van der Waals surface area contributed by atoms with Crippen molar-refractivity contribution in [2.24, 2.45) is 0 Å². The molecule has 0 saturated carbocycles. The van der Waals surface area contributed by atoms with Crippen LogP contribution in [-0.4, -0.2) is 35.5 Å². The lowest BCUT2D eigenvalue weighted by Gasteiger charge is -2.23. The average Bonchev–Trinajstić information content (AvgIpc) is 2.42. The number of carboxylic acid groups (broad SMARTS) is 1. The van der Waals surface area contributed by atoms with Gasteiger partial charge in [-0.1, -0.05) is 19.1 Å². The van der Waals surface area contributed by atoms with Gasteiger partial charge in [0.1, 0.15) is 5.75 Å². The molecule has 0 fully saturated rings. The van der Waals surface area contributed by atoms with Crippen LogP contribution in [0.2, 0.25) is 0 Å². The maximum absolute atomic E-state index is 11.3. The standard InChI is InChI=1S/C14H19NO4/c1-3-9-19-12-7-5-11(6-8-12)13(14(17)18)15(4-2)10-16/h5-8,10,13H,3-4,9H2,1-2H3,(H,17,18). The zero-order chi connectivity index (χ0) is 14.3. The molecule has 5 nitrogen and oxygen atoms in total. The maximum Gasteiger partial charge on any atom is 0.331 e. The number of amides is 1. The van der Waals surface area contributed by atoms with E-state index in [9.17, 15) is 14.7 Å². The molecule has 0 aromatic heterocycles. The van der Waals surface area contributed by atoms with Gasteiger partial charge in [-0.15, -0.1) is 0 Å². The predicted octanol–water partition coefficient (Wildman–Crippen LogP) is 2.08. The van der Waals surface area contributed by atoms with Crippen molar-refractivity contribution >= 4 is 12.4 Å². The van der Waals surface area contributed by atoms with Gasteiger partial charge in [0.15, 0.2) is 6.04 Å². The Bertz CT molecular complexity index is 416. The average molecular weight is 265 g/mol. The Balaban J connectivity index is 2.91. The number of carbonyl (C=O) groups excluding carboxylic acids is 1. The van der Waals surface area contributed by atoms with E-state index in [0.29, 0.717) is 30.9 Å². The van der Waals surface area contributed by atoms with Gasteiger partial charge >= 0.3 is 5.97 Å². The summed E-state index contributed by atoms with van der Waals surface area (Å²) in [5.74, 6) is -0.347. The second-order valence-electron chi connectivity index (χ2n) is 4.09. The Hall–Kier alpha value is -2.04. The van der Waals surface area contributed by atoms with Crippen molar-refractivity contribution in [1.82, 2.24) is 4.90 Å². The number of carbonyl (C=O) groups is 2. The molecule has 0 spiro atoms. The van der Waals surface area contributed by atoms with Crippen LogP contribution in [0.25, 0.3) is 0 Å². The van der Waals surface area contributed by atoms with Gasteiger partial charge < -0.3 is 14.7 Å². The van der Waals surface area contributed by atoms with Crippen LogP contribution in [0.3, 0.4) is 0 Å². The number of hydrogen-bond acceptors (Lipinski definition) is 3. The Morgan fingerprint density at radius 1 is 1.37 bits per heavy atom. The molecule has 19 heavy (non-hydrogen) atoms. The number of ether oxygens (including phenoxy) is 1. The maximum atomic E-state index is 11.3. The summed E-state index contributed by atoms with van der Waals surface area (Å²) < 4.78 is 5.43. The fourth-order valence-corrected chi connectivity index (χ4v) is 1.76. The summed E-state index contributed by atoms with van der Waals surface area (Å²) in [5, 5.41) is 9.24. The fourth-order valence-electron chi connectivity index (χ4n) is 1.76. The number of hydrogen-bond donors (Lipinski definition) is 1. The van der Waals surface area contributed by atoms with Crippen molar-refractivity contribution in [3.8, 4) is 5.75 Å². The van der Waals surface area contributed by atoms with Crippen LogP contribution in [0, 0.1) is 0 Å². The molecule has 1 aromatic carbocycles. The van der Waals surface area contributed by atoms with Crippen LogP contribution in [0.15, 0.2) is 24.3 Å². The molecule has 0 bridgehead atoms. The van der Waals surface area contributed by atoms with Gasteiger partial charge in [0.05, 0.1) is 6.61 Å². The summed E-state index contributed by atoms with van der Waals surface area (Å²) in [6.07, 6.45) is 1.47. The molecule has 0 aliphatic rings. The van der Waals surface area contributed by atoms with Crippen molar-refractivity contribution in [2.45, 2.75) is 26.3 Å². The first-order chi connectivity index (χ1) is 9.13. The molecule has 1 aromatic rings. The van der Waals surface area contributed by atoms with Crippen LogP contribution in [0.1, 0.15) is 31.9 Å². The molecule has 0 radical (unpaired) electrons. The number of likely N-dealkylation sites (N-methyl/N-ethyl adjacent to an activating group) is 1. The minimum absolute atomic E-state index is 0.342. The van der Waals surface area contributed by atoms with E-state index in [1.165, 1.54) is 4.90 Å². The largest absolute Gasteiger partial charge is 0.494 e. The zero-order valence-corrected chi connectivity index (χ0v) is 11.2. The van der Waals surface area contributed by atoms with E-state index in [0.717, 1.165) is 6.42 Å². The second kappa shape index (κ2) is 7.41. The lowest BCUT2D eigenvalue weighted by atomic mass is 10.1. The van der Waals surface area contributed by atoms with Crippen molar-refractivity contribution in [2.75, 3.05) is 13.2 Å². The first-order valence-corrected chi connectivity index (χ1v) is 6.30. The number of benzene rings is 1. The normalized spacial score (nSPS) is 11.7. The third-order valence-corrected chi connectivity index (χ3v) is 2.73. The van der Waals surface area contributed by atoms with E-state index in [1.54, 1.807) is 31.2 Å². The van der Waals surface area contributed by atoms with E-state index >= 15 is 0 Å². The van der Waals surface area contributed by atoms with Gasteiger partial charge in [0.2, 0.25) is 6.41 Å². The first-order valence-electron chi connectivity index (χ1n) is 6.30. The van der Waals surface area contributed by atoms with Crippen molar-refractivity contribution in [1.29, 1.82) is 0 Å². The summed E-state index contributed by atoms with van der Waals surface area (Å²) >= 11 is 0. The smallest absolute Gasteiger partial charge is 0.331 e. The molecule has 0 heterocycles. The van der Waals surface area contributed by atoms with Crippen molar-refractivity contribution in [3.05, 3.63) is 29.8 Å². The van der Waals surface area contributed by atoms with E-state index in [2.05, 4.69) is 0 Å². The summed E-state index contributed by atoms with van der Waals surface area (Å²) in [6.45, 7) is 4.72. The van der Waals surface area contributed by atoms with Crippen molar-refractivity contribution < 1.29 is 19.4 Å². The Morgan fingerprint density at radius 3 is 2.42 bits per heavy atom. The van der Waals surface area contributed by atoms with E-state index < -0.39 is 12.0 Å². The first kappa shape index (κ1) is 15.0. The summed E-state index contributed by atoms with van der Waals surface area (Å²) in [4.78, 5) is 23.4. The molecule has 0 aliphatic carbocycles. The highest BCUT2D eigenvalue weighted by Gasteiger charge is 2.25. The summed E-state index contributed by atoms with van der Waals surface area (Å²) in [5.41, 5.74) is 0.560. The minimum Gasteiger partial charge on any atom is -0.494 e. The van der Waals surface area contributed by atoms with Gasteiger partial charge in [-0.05, 0) is 31.0 Å². The lowest BCUT2D eigenvalue weighted by Crippen LogP contribution is -2.32. The molecular weight excluding hydrogens is 246 g/mol. The number of carboxylic acids is 1. The molecule has 1 unspecified atom stereocenters. The molecule has 1 rings (SSSR count). The van der Waals surface area contributed by atoms with Crippen LogP contribution >= 0.6 is 0 Å². The van der Waals surface area contributed by atoms with Gasteiger partial charge in [-0.25, -0.2) is 4.79 Å². The Labute approximate surface area is 112 Å².